The van der Waals surface area contributed by atoms with Gasteiger partial charge in [-0.25, -0.2) is 0 Å². The summed E-state index contributed by atoms with van der Waals surface area (Å²) in [6, 6.07) is 8.89. The van der Waals surface area contributed by atoms with Crippen molar-refractivity contribution in [3.05, 3.63) is 56.5 Å². The van der Waals surface area contributed by atoms with Crippen LogP contribution < -0.4 is 5.32 Å². The fourth-order valence-corrected chi connectivity index (χ4v) is 2.19. The van der Waals surface area contributed by atoms with Gasteiger partial charge < -0.3 is 15.5 Å². The molecule has 0 aliphatic heterocycles. The number of anilines is 1. The molecule has 0 unspecified atom stereocenters. The monoisotopic (exact) mass is 338 g/mol. The molecule has 7 heteroatoms. The molecule has 0 saturated carbocycles. The molecule has 0 amide bonds. The van der Waals surface area contributed by atoms with Crippen molar-refractivity contribution < 1.29 is 15.1 Å². The van der Waals surface area contributed by atoms with E-state index in [-0.39, 0.29) is 17.2 Å². The maximum Gasteiger partial charge on any atom is 0.283 e. The number of nitro benzene ring substituents is 1. The van der Waals surface area contributed by atoms with Crippen molar-refractivity contribution in [2.24, 2.45) is 0 Å². The van der Waals surface area contributed by atoms with E-state index in [4.69, 9.17) is 0 Å². The molecule has 0 spiro atoms. The molecule has 0 aliphatic rings. The normalized spacial score (nSPS) is 10.2. The van der Waals surface area contributed by atoms with Crippen LogP contribution in [-0.4, -0.2) is 15.1 Å². The average molecular weight is 339 g/mol. The number of phenolic OH excluding ortho intramolecular Hbond substituents is 2. The fourth-order valence-electron chi connectivity index (χ4n) is 1.66. The van der Waals surface area contributed by atoms with E-state index in [1.165, 1.54) is 18.2 Å². The summed E-state index contributed by atoms with van der Waals surface area (Å²) in [5.74, 6) is -0.0252. The topological polar surface area (TPSA) is 95.6 Å². The average Bonchev–Trinajstić information content (AvgIpc) is 2.37. The molecule has 20 heavy (non-hydrogen) atoms. The smallest absolute Gasteiger partial charge is 0.283 e. The Labute approximate surface area is 123 Å². The van der Waals surface area contributed by atoms with Crippen LogP contribution in [0.5, 0.6) is 11.5 Å². The van der Waals surface area contributed by atoms with Crippen molar-refractivity contribution in [2.75, 3.05) is 5.32 Å². The van der Waals surface area contributed by atoms with Crippen LogP contribution in [0.3, 0.4) is 0 Å². The maximum atomic E-state index is 10.7. The molecule has 2 rings (SSSR count). The number of nitrogens with zero attached hydrogens (tertiary/aromatic N) is 1. The molecule has 104 valence electrons. The van der Waals surface area contributed by atoms with Crippen LogP contribution in [0.1, 0.15) is 5.56 Å². The number of hydrogen-bond donors (Lipinski definition) is 3. The number of phenols is 2. The Morgan fingerprint density at radius 3 is 2.55 bits per heavy atom. The molecule has 0 heterocycles. The Bertz CT molecular complexity index is 661. The predicted octanol–water partition coefficient (Wildman–Crippen LogP) is 3.38. The fraction of sp³-hybridized carbons (Fsp3) is 0.0769. The van der Waals surface area contributed by atoms with Crippen LogP contribution in [0.4, 0.5) is 11.4 Å². The van der Waals surface area contributed by atoms with Gasteiger partial charge in [-0.05, 0) is 40.2 Å². The van der Waals surface area contributed by atoms with Gasteiger partial charge in [0.15, 0.2) is 0 Å². The molecular weight excluding hydrogens is 328 g/mol. The molecule has 0 fully saturated rings. The number of benzene rings is 2. The van der Waals surface area contributed by atoms with Gasteiger partial charge in [-0.1, -0.05) is 0 Å². The zero-order valence-electron chi connectivity index (χ0n) is 10.2. The molecule has 2 aromatic rings. The van der Waals surface area contributed by atoms with Crippen LogP contribution in [0.15, 0.2) is 40.9 Å². The summed E-state index contributed by atoms with van der Waals surface area (Å²) >= 11 is 3.13. The quantitative estimate of drug-likeness (QED) is 0.586. The van der Waals surface area contributed by atoms with E-state index in [0.717, 1.165) is 0 Å². The van der Waals surface area contributed by atoms with Crippen molar-refractivity contribution in [2.45, 2.75) is 6.54 Å². The number of nitro groups is 1. The Morgan fingerprint density at radius 2 is 1.95 bits per heavy atom. The Balaban J connectivity index is 2.11. The number of nitrogens with one attached hydrogen (secondary N) is 1. The van der Waals surface area contributed by atoms with Crippen molar-refractivity contribution in [3.63, 3.8) is 0 Å². The molecule has 0 saturated heterocycles. The largest absolute Gasteiger partial charge is 0.508 e. The van der Waals surface area contributed by atoms with Gasteiger partial charge in [0.25, 0.3) is 5.69 Å². The highest BCUT2D eigenvalue weighted by atomic mass is 79.9. The molecule has 0 radical (unpaired) electrons. The van der Waals surface area contributed by atoms with Crippen molar-refractivity contribution in [1.29, 1.82) is 0 Å². The summed E-state index contributed by atoms with van der Waals surface area (Å²) in [7, 11) is 0. The lowest BCUT2D eigenvalue weighted by atomic mass is 10.2. The zero-order chi connectivity index (χ0) is 14.7. The van der Waals surface area contributed by atoms with Crippen molar-refractivity contribution in [3.8, 4) is 11.5 Å². The lowest BCUT2D eigenvalue weighted by Crippen LogP contribution is -2.00. The van der Waals surface area contributed by atoms with Gasteiger partial charge in [-0.15, -0.1) is 0 Å². The molecule has 6 nitrogen and oxygen atoms in total. The van der Waals surface area contributed by atoms with E-state index in [1.807, 2.05) is 0 Å². The van der Waals surface area contributed by atoms with Crippen molar-refractivity contribution >= 4 is 27.3 Å². The molecule has 0 bridgehead atoms. The Kier molecular flexibility index (Phi) is 4.09. The summed E-state index contributed by atoms with van der Waals surface area (Å²) in [6.07, 6.45) is 0. The Hall–Kier alpha value is -2.28. The molecule has 0 aromatic heterocycles. The van der Waals surface area contributed by atoms with Crippen LogP contribution in [-0.2, 0) is 6.54 Å². The highest BCUT2D eigenvalue weighted by Gasteiger charge is 2.11. The maximum absolute atomic E-state index is 10.7. The van der Waals surface area contributed by atoms with E-state index < -0.39 is 4.92 Å². The van der Waals surface area contributed by atoms with Crippen molar-refractivity contribution in [1.82, 2.24) is 0 Å². The molecule has 2 aromatic carbocycles. The summed E-state index contributed by atoms with van der Waals surface area (Å²) in [6.45, 7) is 0.330. The zero-order valence-corrected chi connectivity index (χ0v) is 11.8. The molecule has 3 N–H and O–H groups in total. The number of hydrogen-bond acceptors (Lipinski definition) is 5. The third-order valence-electron chi connectivity index (χ3n) is 2.70. The van der Waals surface area contributed by atoms with Gasteiger partial charge in [0.05, 0.1) is 9.40 Å². The first-order valence-electron chi connectivity index (χ1n) is 5.66. The first kappa shape index (κ1) is 14.1. The summed E-state index contributed by atoms with van der Waals surface area (Å²) in [5, 5.41) is 32.6. The lowest BCUT2D eigenvalue weighted by Gasteiger charge is -2.09. The minimum Gasteiger partial charge on any atom is -0.508 e. The minimum absolute atomic E-state index is 0.00988. The van der Waals surface area contributed by atoms with Crippen LogP contribution in [0.25, 0.3) is 0 Å². The highest BCUT2D eigenvalue weighted by molar-refractivity contribution is 9.10. The summed E-state index contributed by atoms with van der Waals surface area (Å²) < 4.78 is 0.377. The van der Waals surface area contributed by atoms with Gasteiger partial charge in [-0.3, -0.25) is 10.1 Å². The number of rotatable bonds is 4. The van der Waals surface area contributed by atoms with E-state index >= 15 is 0 Å². The first-order chi connectivity index (χ1) is 9.47. The van der Waals surface area contributed by atoms with E-state index in [0.29, 0.717) is 22.3 Å². The molecule has 0 atom stereocenters. The van der Waals surface area contributed by atoms with Gasteiger partial charge >= 0.3 is 0 Å². The highest BCUT2D eigenvalue weighted by Crippen LogP contribution is 2.28. The van der Waals surface area contributed by atoms with Crippen LogP contribution in [0.2, 0.25) is 0 Å². The molecule has 0 aliphatic carbocycles. The lowest BCUT2D eigenvalue weighted by molar-refractivity contribution is -0.385. The second kappa shape index (κ2) is 5.79. The number of halogens is 1. The SMILES string of the molecule is O=[N+]([O-])c1ccc(NCc2ccc(O)cc2O)cc1Br. The van der Waals surface area contributed by atoms with Gasteiger partial charge in [0.2, 0.25) is 0 Å². The third kappa shape index (κ3) is 3.18. The third-order valence-corrected chi connectivity index (χ3v) is 3.33. The number of aromatic hydroxyl groups is 2. The van der Waals surface area contributed by atoms with Crippen LogP contribution >= 0.6 is 15.9 Å². The van der Waals surface area contributed by atoms with Gasteiger partial charge in [0.1, 0.15) is 11.5 Å². The summed E-state index contributed by atoms with van der Waals surface area (Å²) in [5.41, 5.74) is 1.27. The van der Waals surface area contributed by atoms with E-state index in [2.05, 4.69) is 21.2 Å². The van der Waals surface area contributed by atoms with E-state index in [9.17, 15) is 20.3 Å². The summed E-state index contributed by atoms with van der Waals surface area (Å²) in [4.78, 5) is 10.2. The predicted molar refractivity (Wildman–Crippen MR) is 77.9 cm³/mol. The van der Waals surface area contributed by atoms with Crippen LogP contribution in [0, 0.1) is 10.1 Å². The van der Waals surface area contributed by atoms with Gasteiger partial charge in [0, 0.05) is 29.9 Å². The molecular formula is C13H11BrN2O4. The first-order valence-corrected chi connectivity index (χ1v) is 6.45. The minimum atomic E-state index is -0.473. The second-order valence-electron chi connectivity index (χ2n) is 4.09. The standard InChI is InChI=1S/C13H11BrN2O4/c14-11-5-9(2-4-12(11)16(19)20)15-7-8-1-3-10(17)6-13(8)18/h1-6,15,17-18H,7H2. The van der Waals surface area contributed by atoms with E-state index in [1.54, 1.807) is 18.2 Å². The van der Waals surface area contributed by atoms with Gasteiger partial charge in [-0.2, -0.15) is 0 Å². The Morgan fingerprint density at radius 1 is 1.20 bits per heavy atom. The second-order valence-corrected chi connectivity index (χ2v) is 4.94.